The third-order valence-corrected chi connectivity index (χ3v) is 13.6. The fourth-order valence-electron chi connectivity index (χ4n) is 9.98. The van der Waals surface area contributed by atoms with Crippen LogP contribution in [0.2, 0.25) is 0 Å². The van der Waals surface area contributed by atoms with E-state index >= 15 is 0 Å². The van der Waals surface area contributed by atoms with Gasteiger partial charge < -0.3 is 9.32 Å². The molecule has 1 aliphatic carbocycles. The molecule has 0 unspecified atom stereocenters. The Hall–Kier alpha value is -7.07. The minimum absolute atomic E-state index is 0.107. The van der Waals surface area contributed by atoms with Crippen molar-refractivity contribution in [3.05, 3.63) is 257 Å². The van der Waals surface area contributed by atoms with Crippen molar-refractivity contribution in [3.8, 4) is 11.1 Å². The van der Waals surface area contributed by atoms with Gasteiger partial charge in [0.2, 0.25) is 0 Å². The van der Waals surface area contributed by atoms with E-state index < -0.39 is 5.41 Å². The van der Waals surface area contributed by atoms with E-state index in [0.717, 1.165) is 39.0 Å². The highest BCUT2D eigenvalue weighted by atomic mass is 32.2. The molecule has 0 atom stereocenters. The lowest BCUT2D eigenvalue weighted by Gasteiger charge is -2.40. The molecule has 2 nitrogen and oxygen atoms in total. The van der Waals surface area contributed by atoms with Crippen molar-refractivity contribution in [1.29, 1.82) is 0 Å². The van der Waals surface area contributed by atoms with E-state index in [9.17, 15) is 0 Å². The first-order valence-corrected chi connectivity index (χ1v) is 21.1. The predicted octanol–water partition coefficient (Wildman–Crippen LogP) is 15.1. The highest BCUT2D eigenvalue weighted by Crippen LogP contribution is 2.62. The summed E-state index contributed by atoms with van der Waals surface area (Å²) in [6.45, 7) is 0. The van der Waals surface area contributed by atoms with Crippen LogP contribution in [0.1, 0.15) is 44.9 Å². The van der Waals surface area contributed by atoms with Gasteiger partial charge in [-0.15, -0.1) is 0 Å². The van der Waals surface area contributed by atoms with E-state index in [-0.39, 0.29) is 5.92 Å². The molecule has 1 aliphatic heterocycles. The van der Waals surface area contributed by atoms with E-state index in [1.165, 1.54) is 59.9 Å². The Labute approximate surface area is 348 Å². The second kappa shape index (κ2) is 13.5. The van der Waals surface area contributed by atoms with Crippen LogP contribution < -0.4 is 4.90 Å². The fraction of sp³-hybridized carbons (Fsp3) is 0.0357. The zero-order valence-corrected chi connectivity index (χ0v) is 32.9. The van der Waals surface area contributed by atoms with Gasteiger partial charge in [-0.2, -0.15) is 0 Å². The maximum absolute atomic E-state index is 6.72. The van der Waals surface area contributed by atoms with Gasteiger partial charge in [-0.25, -0.2) is 0 Å². The molecule has 3 heteroatoms. The molecule has 10 aromatic rings. The molecule has 278 valence electrons. The number of benzene rings is 9. The molecule has 2 heterocycles. The van der Waals surface area contributed by atoms with Gasteiger partial charge in [0.25, 0.3) is 0 Å². The van der Waals surface area contributed by atoms with E-state index in [1.807, 2.05) is 11.8 Å². The van der Waals surface area contributed by atoms with E-state index in [4.69, 9.17) is 4.42 Å². The van der Waals surface area contributed by atoms with Crippen molar-refractivity contribution < 1.29 is 4.42 Å². The number of hydrogen-bond acceptors (Lipinski definition) is 3. The molecule has 2 aliphatic rings. The van der Waals surface area contributed by atoms with Crippen LogP contribution >= 0.6 is 11.8 Å². The zero-order valence-electron chi connectivity index (χ0n) is 32.1. The largest absolute Gasteiger partial charge is 0.456 e. The molecule has 0 bridgehead atoms. The quantitative estimate of drug-likeness (QED) is 0.157. The van der Waals surface area contributed by atoms with Crippen molar-refractivity contribution in [1.82, 2.24) is 0 Å². The Morgan fingerprint density at radius 2 is 0.932 bits per heavy atom. The van der Waals surface area contributed by atoms with Crippen LogP contribution in [0.4, 0.5) is 17.1 Å². The molecule has 0 saturated carbocycles. The van der Waals surface area contributed by atoms with Gasteiger partial charge in [-0.3, -0.25) is 0 Å². The molecular formula is C56H37NOS. The molecule has 1 aromatic heterocycles. The van der Waals surface area contributed by atoms with Crippen molar-refractivity contribution >= 4 is 50.8 Å². The third-order valence-electron chi connectivity index (χ3n) is 12.4. The van der Waals surface area contributed by atoms with E-state index in [2.05, 4.69) is 223 Å². The van der Waals surface area contributed by atoms with Gasteiger partial charge in [0.05, 0.1) is 5.41 Å². The molecule has 0 radical (unpaired) electrons. The maximum atomic E-state index is 6.72. The smallest absolute Gasteiger partial charge is 0.137 e. The van der Waals surface area contributed by atoms with Gasteiger partial charge in [0, 0.05) is 49.6 Å². The van der Waals surface area contributed by atoms with Crippen molar-refractivity contribution in [2.75, 3.05) is 4.90 Å². The van der Waals surface area contributed by atoms with Crippen LogP contribution in [0.3, 0.4) is 0 Å². The second-order valence-electron chi connectivity index (χ2n) is 15.6. The molecular weight excluding hydrogens is 735 g/mol. The molecule has 9 aromatic carbocycles. The highest BCUT2D eigenvalue weighted by Gasteiger charge is 2.50. The number of nitrogens with zero attached hydrogens (tertiary/aromatic N) is 1. The number of hydrogen-bond donors (Lipinski definition) is 0. The van der Waals surface area contributed by atoms with Crippen molar-refractivity contribution in [2.45, 2.75) is 21.1 Å². The molecule has 59 heavy (non-hydrogen) atoms. The standard InChI is InChI=1S/C56H37NOS/c1-4-16-37(17-5-1)55(38-18-6-2-7-19-38)39-28-33-51-46(34-39)45-32-30-42(36-52(45)58-51)57(40-20-8-3-9-21-40)41-29-31-44-43-22-10-11-23-47(43)56(50(44)35-41)48-24-12-14-26-53(48)59-54-27-15-13-25-49(54)56/h1-36,55H. The Morgan fingerprint density at radius 3 is 1.63 bits per heavy atom. The molecule has 0 saturated heterocycles. The molecule has 0 N–H and O–H groups in total. The minimum atomic E-state index is -0.458. The summed E-state index contributed by atoms with van der Waals surface area (Å²) in [5.74, 6) is 0.107. The van der Waals surface area contributed by atoms with Crippen LogP contribution in [0, 0.1) is 0 Å². The molecule has 1 spiro atoms. The first-order valence-electron chi connectivity index (χ1n) is 20.3. The average Bonchev–Trinajstić information content (AvgIpc) is 3.80. The number of rotatable bonds is 6. The first-order chi connectivity index (χ1) is 29.3. The highest BCUT2D eigenvalue weighted by molar-refractivity contribution is 7.99. The molecule has 0 fully saturated rings. The van der Waals surface area contributed by atoms with E-state index in [1.54, 1.807) is 0 Å². The Kier molecular flexibility index (Phi) is 7.79. The van der Waals surface area contributed by atoms with Crippen LogP contribution in [0.5, 0.6) is 0 Å². The maximum Gasteiger partial charge on any atom is 0.137 e. The summed E-state index contributed by atoms with van der Waals surface area (Å²) < 4.78 is 6.72. The van der Waals surface area contributed by atoms with Crippen LogP contribution in [-0.4, -0.2) is 0 Å². The van der Waals surface area contributed by atoms with E-state index in [0.29, 0.717) is 0 Å². The summed E-state index contributed by atoms with van der Waals surface area (Å²) in [6, 6.07) is 79.8. The predicted molar refractivity (Wildman–Crippen MR) is 244 cm³/mol. The van der Waals surface area contributed by atoms with Gasteiger partial charge in [-0.1, -0.05) is 163 Å². The molecule has 12 rings (SSSR count). The number of fused-ring (bicyclic) bond motifs is 12. The van der Waals surface area contributed by atoms with Gasteiger partial charge in [-0.05, 0) is 111 Å². The number of para-hydroxylation sites is 1. The third kappa shape index (κ3) is 5.21. The Morgan fingerprint density at radius 1 is 0.373 bits per heavy atom. The van der Waals surface area contributed by atoms with Gasteiger partial charge >= 0.3 is 0 Å². The average molecular weight is 772 g/mol. The van der Waals surface area contributed by atoms with Crippen molar-refractivity contribution in [3.63, 3.8) is 0 Å². The lowest BCUT2D eigenvalue weighted by molar-refractivity contribution is 0.668. The summed E-state index contributed by atoms with van der Waals surface area (Å²) in [7, 11) is 0. The fourth-order valence-corrected chi connectivity index (χ4v) is 11.2. The van der Waals surface area contributed by atoms with Crippen LogP contribution in [-0.2, 0) is 5.41 Å². The van der Waals surface area contributed by atoms with Gasteiger partial charge in [0.15, 0.2) is 0 Å². The normalized spacial score (nSPS) is 13.3. The Balaban J connectivity index is 1.03. The topological polar surface area (TPSA) is 16.4 Å². The van der Waals surface area contributed by atoms with Gasteiger partial charge in [0.1, 0.15) is 11.2 Å². The Bertz CT molecular complexity index is 3120. The number of anilines is 3. The van der Waals surface area contributed by atoms with Crippen molar-refractivity contribution in [2.24, 2.45) is 0 Å². The summed E-state index contributed by atoms with van der Waals surface area (Å²) in [5.41, 5.74) is 16.2. The number of furan rings is 1. The minimum Gasteiger partial charge on any atom is -0.456 e. The monoisotopic (exact) mass is 771 g/mol. The van der Waals surface area contributed by atoms with Crippen LogP contribution in [0.25, 0.3) is 33.1 Å². The second-order valence-corrected chi connectivity index (χ2v) is 16.7. The summed E-state index contributed by atoms with van der Waals surface area (Å²) in [6.07, 6.45) is 0. The first kappa shape index (κ1) is 34.0. The summed E-state index contributed by atoms with van der Waals surface area (Å²) >= 11 is 1.88. The lowest BCUT2D eigenvalue weighted by Crippen LogP contribution is -2.32. The summed E-state index contributed by atoms with van der Waals surface area (Å²) in [4.78, 5) is 4.98. The SMILES string of the molecule is c1ccc(C(c2ccccc2)c2ccc3oc4cc(N(c5ccccc5)c5ccc6c(c5)C5(c7ccccc7Sc7ccccc75)c5ccccc5-6)ccc4c3c2)cc1. The zero-order chi connectivity index (χ0) is 38.9. The lowest BCUT2D eigenvalue weighted by atomic mass is 9.67. The molecule has 0 amide bonds. The van der Waals surface area contributed by atoms with Crippen LogP contribution in [0.15, 0.2) is 233 Å². The summed E-state index contributed by atoms with van der Waals surface area (Å²) in [5, 5.41) is 2.23.